The highest BCUT2D eigenvalue weighted by molar-refractivity contribution is 6.32. The fourth-order valence-electron chi connectivity index (χ4n) is 2.50. The van der Waals surface area contributed by atoms with Crippen LogP contribution >= 0.6 is 11.6 Å². The molecule has 0 aromatic heterocycles. The summed E-state index contributed by atoms with van der Waals surface area (Å²) < 4.78 is 11.5. The molecular weight excluding hydrogens is 382 g/mol. The van der Waals surface area contributed by atoms with Crippen molar-refractivity contribution in [2.45, 2.75) is 27.4 Å². The molecule has 0 atom stereocenters. The molecule has 28 heavy (non-hydrogen) atoms. The summed E-state index contributed by atoms with van der Waals surface area (Å²) >= 11 is 6.38. The summed E-state index contributed by atoms with van der Waals surface area (Å²) in [4.78, 5) is 22.5. The van der Waals surface area contributed by atoms with Crippen LogP contribution in [0.5, 0.6) is 11.5 Å². The van der Waals surface area contributed by atoms with E-state index in [0.717, 1.165) is 11.1 Å². The van der Waals surface area contributed by atoms with Gasteiger partial charge in [-0.3, -0.25) is 4.79 Å². The maximum atomic E-state index is 11.3. The standard InChI is InChI=1S/C21H22ClNO5/c1-4-27-19-11-15(10-18(21(25)26)23-14(3)24)9-17(22)20(19)28-12-16-8-6-5-7-13(16)2/h5-11H,4,12H2,1-3H3,(H,23,24)(H,25,26)/b18-10+. The minimum absolute atomic E-state index is 0.264. The fourth-order valence-corrected chi connectivity index (χ4v) is 2.78. The van der Waals surface area contributed by atoms with Gasteiger partial charge in [-0.1, -0.05) is 35.9 Å². The number of carboxylic acid groups (broad SMARTS) is 1. The highest BCUT2D eigenvalue weighted by Gasteiger charge is 2.15. The Hall–Kier alpha value is -2.99. The lowest BCUT2D eigenvalue weighted by Crippen LogP contribution is -2.24. The van der Waals surface area contributed by atoms with Crippen molar-refractivity contribution in [2.24, 2.45) is 0 Å². The van der Waals surface area contributed by atoms with Gasteiger partial charge in [0.05, 0.1) is 11.6 Å². The van der Waals surface area contributed by atoms with Gasteiger partial charge in [-0.15, -0.1) is 0 Å². The summed E-state index contributed by atoms with van der Waals surface area (Å²) in [6.07, 6.45) is 1.31. The number of nitrogens with one attached hydrogen (secondary N) is 1. The number of hydrogen-bond donors (Lipinski definition) is 2. The first-order valence-electron chi connectivity index (χ1n) is 8.68. The van der Waals surface area contributed by atoms with Crippen LogP contribution in [0.15, 0.2) is 42.1 Å². The van der Waals surface area contributed by atoms with Crippen LogP contribution in [0.3, 0.4) is 0 Å². The Labute approximate surface area is 168 Å². The Kier molecular flexibility index (Phi) is 7.46. The molecule has 0 spiro atoms. The topological polar surface area (TPSA) is 84.9 Å². The maximum absolute atomic E-state index is 11.3. The molecule has 2 aromatic carbocycles. The Morgan fingerprint density at radius 3 is 2.54 bits per heavy atom. The molecule has 1 amide bonds. The van der Waals surface area contributed by atoms with Crippen molar-refractivity contribution in [3.05, 3.63) is 63.8 Å². The number of carbonyl (C=O) groups excluding carboxylic acids is 1. The van der Waals surface area contributed by atoms with E-state index in [1.807, 2.05) is 38.1 Å². The zero-order valence-electron chi connectivity index (χ0n) is 15.9. The van der Waals surface area contributed by atoms with Crippen molar-refractivity contribution < 1.29 is 24.2 Å². The molecule has 6 nitrogen and oxygen atoms in total. The number of hydrogen-bond acceptors (Lipinski definition) is 4. The molecule has 0 bridgehead atoms. The minimum atomic E-state index is -1.26. The predicted octanol–water partition coefficient (Wildman–Crippen LogP) is 4.19. The molecule has 0 fully saturated rings. The lowest BCUT2D eigenvalue weighted by molar-refractivity contribution is -0.134. The minimum Gasteiger partial charge on any atom is -0.490 e. The smallest absolute Gasteiger partial charge is 0.352 e. The van der Waals surface area contributed by atoms with Gasteiger partial charge in [-0.25, -0.2) is 4.79 Å². The summed E-state index contributed by atoms with van der Waals surface area (Å²) in [5, 5.41) is 11.8. The molecule has 0 aliphatic carbocycles. The molecule has 0 saturated heterocycles. The summed E-state index contributed by atoms with van der Waals surface area (Å²) in [5.41, 5.74) is 2.31. The van der Waals surface area contributed by atoms with Gasteiger partial charge in [0.15, 0.2) is 11.5 Å². The fraction of sp³-hybridized carbons (Fsp3) is 0.238. The molecule has 0 saturated carbocycles. The lowest BCUT2D eigenvalue weighted by Gasteiger charge is -2.15. The van der Waals surface area contributed by atoms with Crippen LogP contribution in [-0.4, -0.2) is 23.6 Å². The maximum Gasteiger partial charge on any atom is 0.352 e. The third kappa shape index (κ3) is 5.76. The van der Waals surface area contributed by atoms with Crippen LogP contribution in [0.1, 0.15) is 30.5 Å². The van der Waals surface area contributed by atoms with Gasteiger partial charge in [0.2, 0.25) is 5.91 Å². The van der Waals surface area contributed by atoms with Crippen LogP contribution < -0.4 is 14.8 Å². The first-order chi connectivity index (χ1) is 13.3. The molecule has 0 radical (unpaired) electrons. The lowest BCUT2D eigenvalue weighted by atomic mass is 10.1. The number of aryl methyl sites for hydroxylation is 1. The normalized spacial score (nSPS) is 11.1. The Balaban J connectivity index is 2.36. The average Bonchev–Trinajstić information content (AvgIpc) is 2.61. The van der Waals surface area contributed by atoms with E-state index in [1.165, 1.54) is 13.0 Å². The molecule has 0 heterocycles. The van der Waals surface area contributed by atoms with E-state index in [9.17, 15) is 14.7 Å². The largest absolute Gasteiger partial charge is 0.490 e. The van der Waals surface area contributed by atoms with Gasteiger partial charge in [-0.05, 0) is 48.7 Å². The van der Waals surface area contributed by atoms with Crippen LogP contribution in [-0.2, 0) is 16.2 Å². The highest BCUT2D eigenvalue weighted by Crippen LogP contribution is 2.38. The van der Waals surface area contributed by atoms with Crippen molar-refractivity contribution in [3.8, 4) is 11.5 Å². The number of halogens is 1. The molecule has 148 valence electrons. The van der Waals surface area contributed by atoms with Crippen molar-refractivity contribution in [3.63, 3.8) is 0 Å². The number of carboxylic acids is 1. The van der Waals surface area contributed by atoms with Crippen LogP contribution in [0, 0.1) is 6.92 Å². The van der Waals surface area contributed by atoms with E-state index < -0.39 is 11.9 Å². The Morgan fingerprint density at radius 2 is 1.93 bits per heavy atom. The van der Waals surface area contributed by atoms with Gasteiger partial charge in [0.25, 0.3) is 0 Å². The van der Waals surface area contributed by atoms with E-state index >= 15 is 0 Å². The Morgan fingerprint density at radius 1 is 1.21 bits per heavy atom. The molecule has 0 unspecified atom stereocenters. The summed E-state index contributed by atoms with van der Waals surface area (Å²) in [5.74, 6) is -0.977. The van der Waals surface area contributed by atoms with Crippen molar-refractivity contribution >= 4 is 29.6 Å². The third-order valence-electron chi connectivity index (χ3n) is 3.82. The number of amides is 1. The van der Waals surface area contributed by atoms with Crippen LogP contribution in [0.2, 0.25) is 5.02 Å². The van der Waals surface area contributed by atoms with Gasteiger partial charge >= 0.3 is 5.97 Å². The number of rotatable bonds is 8. The SMILES string of the molecule is CCOc1cc(/C=C(/NC(C)=O)C(=O)O)cc(Cl)c1OCc1ccccc1C. The second-order valence-electron chi connectivity index (χ2n) is 6.02. The van der Waals surface area contributed by atoms with Crippen LogP contribution in [0.4, 0.5) is 0 Å². The molecule has 2 rings (SSSR count). The quantitative estimate of drug-likeness (QED) is 0.645. The van der Waals surface area contributed by atoms with E-state index in [4.69, 9.17) is 21.1 Å². The summed E-state index contributed by atoms with van der Waals surface area (Å²) in [6.45, 7) is 5.74. The summed E-state index contributed by atoms with van der Waals surface area (Å²) in [7, 11) is 0. The number of aliphatic carboxylic acids is 1. The molecule has 0 aliphatic heterocycles. The first kappa shape index (κ1) is 21.3. The van der Waals surface area contributed by atoms with Gasteiger partial charge in [0.1, 0.15) is 12.3 Å². The summed E-state index contributed by atoms with van der Waals surface area (Å²) in [6, 6.07) is 11.0. The first-order valence-corrected chi connectivity index (χ1v) is 9.05. The van der Waals surface area contributed by atoms with E-state index in [1.54, 1.807) is 12.1 Å². The second-order valence-corrected chi connectivity index (χ2v) is 6.43. The van der Waals surface area contributed by atoms with Gasteiger partial charge < -0.3 is 19.9 Å². The zero-order chi connectivity index (χ0) is 20.7. The highest BCUT2D eigenvalue weighted by atomic mass is 35.5. The molecule has 2 aromatic rings. The number of ether oxygens (including phenoxy) is 2. The van der Waals surface area contributed by atoms with Crippen molar-refractivity contribution in [2.75, 3.05) is 6.61 Å². The molecule has 2 N–H and O–H groups in total. The second kappa shape index (κ2) is 9.80. The Bertz CT molecular complexity index is 908. The monoisotopic (exact) mass is 403 g/mol. The van der Waals surface area contributed by atoms with Gasteiger partial charge in [-0.2, -0.15) is 0 Å². The third-order valence-corrected chi connectivity index (χ3v) is 4.10. The molecule has 0 aliphatic rings. The average molecular weight is 404 g/mol. The van der Waals surface area contributed by atoms with E-state index in [-0.39, 0.29) is 10.7 Å². The van der Waals surface area contributed by atoms with Gasteiger partial charge in [0, 0.05) is 6.92 Å². The predicted molar refractivity (Wildman–Crippen MR) is 108 cm³/mol. The van der Waals surface area contributed by atoms with Crippen LogP contribution in [0.25, 0.3) is 6.08 Å². The van der Waals surface area contributed by atoms with Crippen molar-refractivity contribution in [1.82, 2.24) is 5.32 Å². The number of carbonyl (C=O) groups is 2. The molecule has 7 heteroatoms. The van der Waals surface area contributed by atoms with E-state index in [2.05, 4.69) is 5.32 Å². The zero-order valence-corrected chi connectivity index (χ0v) is 16.7. The molecular formula is C21H22ClNO5. The van der Waals surface area contributed by atoms with Crippen molar-refractivity contribution in [1.29, 1.82) is 0 Å². The van der Waals surface area contributed by atoms with E-state index in [0.29, 0.717) is 30.3 Å². The number of benzene rings is 2.